The Balaban J connectivity index is 1.97. The minimum absolute atomic E-state index is 0.0267. The lowest BCUT2D eigenvalue weighted by atomic mass is 10.1. The number of benzene rings is 2. The van der Waals surface area contributed by atoms with Gasteiger partial charge in [-0.2, -0.15) is 26.3 Å². The molecule has 1 aromatic heterocycles. The van der Waals surface area contributed by atoms with Crippen molar-refractivity contribution in [3.63, 3.8) is 0 Å². The zero-order valence-electron chi connectivity index (χ0n) is 32.5. The van der Waals surface area contributed by atoms with Gasteiger partial charge in [0.05, 0.1) is 22.5 Å². The van der Waals surface area contributed by atoms with Crippen molar-refractivity contribution in [3.05, 3.63) is 59.2 Å². The summed E-state index contributed by atoms with van der Waals surface area (Å²) in [5.41, 5.74) is -2.66. The predicted molar refractivity (Wildman–Crippen MR) is 218 cm³/mol. The van der Waals surface area contributed by atoms with Gasteiger partial charge >= 0.3 is 12.4 Å². The van der Waals surface area contributed by atoms with E-state index in [4.69, 9.17) is 0 Å². The van der Waals surface area contributed by atoms with Crippen molar-refractivity contribution in [2.24, 2.45) is 0 Å². The van der Waals surface area contributed by atoms with Crippen LogP contribution >= 0.6 is 47.0 Å². The number of rotatable bonds is 20. The van der Waals surface area contributed by atoms with E-state index in [1.54, 1.807) is 0 Å². The number of hydrogen-bond acceptors (Lipinski definition) is 12. The average Bonchev–Trinajstić information content (AvgIpc) is 3.08. The summed E-state index contributed by atoms with van der Waals surface area (Å²) in [7, 11) is 14.8. The van der Waals surface area contributed by atoms with Gasteiger partial charge in [-0.3, -0.25) is 9.59 Å². The van der Waals surface area contributed by atoms with Crippen molar-refractivity contribution < 1.29 is 35.9 Å². The highest BCUT2D eigenvalue weighted by atomic mass is 32.2. The molecule has 0 atom stereocenters. The maximum Gasteiger partial charge on any atom is 0.417 e. The van der Waals surface area contributed by atoms with Crippen LogP contribution in [0.5, 0.6) is 0 Å². The molecule has 2 amide bonds. The van der Waals surface area contributed by atoms with E-state index in [-0.39, 0.29) is 32.6 Å². The fraction of sp³-hybridized carbons (Fsp3) is 0.500. The third-order valence-corrected chi connectivity index (χ3v) is 11.7. The highest BCUT2D eigenvalue weighted by molar-refractivity contribution is 8.00. The first-order valence-electron chi connectivity index (χ1n) is 17.2. The molecule has 0 spiro atoms. The first-order chi connectivity index (χ1) is 26.1. The zero-order valence-corrected chi connectivity index (χ0v) is 35.8. The summed E-state index contributed by atoms with van der Waals surface area (Å²) in [5.74, 6) is 0.0295. The Kier molecular flexibility index (Phi) is 18.6. The third-order valence-electron chi connectivity index (χ3n) is 7.59. The van der Waals surface area contributed by atoms with Crippen LogP contribution in [0, 0.1) is 0 Å². The monoisotopic (exact) mass is 866 g/mol. The fourth-order valence-corrected chi connectivity index (χ4v) is 9.42. The molecule has 2 aromatic carbocycles. The van der Waals surface area contributed by atoms with Crippen LogP contribution in [0.25, 0.3) is 0 Å². The molecule has 310 valence electrons. The molecule has 3 aromatic rings. The number of anilines is 2. The maximum atomic E-state index is 14.3. The van der Waals surface area contributed by atoms with E-state index in [1.807, 2.05) is 76.0 Å². The number of thioether (sulfide) groups is 4. The van der Waals surface area contributed by atoms with Gasteiger partial charge in [0.25, 0.3) is 11.8 Å². The molecular weight excluding hydrogens is 819 g/mol. The van der Waals surface area contributed by atoms with Crippen molar-refractivity contribution in [3.8, 4) is 0 Å². The van der Waals surface area contributed by atoms with Gasteiger partial charge in [0.2, 0.25) is 0 Å². The molecule has 20 heteroatoms. The Hall–Kier alpha value is -2.72. The second-order valence-corrected chi connectivity index (χ2v) is 18.0. The minimum Gasteiger partial charge on any atom is -0.320 e. The van der Waals surface area contributed by atoms with Crippen LogP contribution in [0.1, 0.15) is 32.1 Å². The second kappa shape index (κ2) is 21.9. The van der Waals surface area contributed by atoms with Crippen molar-refractivity contribution in [2.75, 3.05) is 116 Å². The maximum absolute atomic E-state index is 14.3. The van der Waals surface area contributed by atoms with Crippen LogP contribution in [0.2, 0.25) is 0 Å². The summed E-state index contributed by atoms with van der Waals surface area (Å²) in [6.07, 6.45) is -8.50. The Bertz CT molecular complexity index is 1660. The Morgan fingerprint density at radius 1 is 0.518 bits per heavy atom. The molecule has 0 fully saturated rings. The molecular formula is C36H48F6N8O2S4. The molecule has 10 nitrogen and oxygen atoms in total. The first-order valence-corrected chi connectivity index (χ1v) is 21.1. The molecule has 0 aliphatic carbocycles. The van der Waals surface area contributed by atoms with Crippen LogP contribution in [-0.4, -0.2) is 147 Å². The Morgan fingerprint density at radius 2 is 0.821 bits per heavy atom. The number of amides is 2. The van der Waals surface area contributed by atoms with E-state index in [0.29, 0.717) is 59.0 Å². The van der Waals surface area contributed by atoms with Crippen LogP contribution < -0.4 is 10.6 Å². The van der Waals surface area contributed by atoms with E-state index in [1.165, 1.54) is 35.7 Å². The Morgan fingerprint density at radius 3 is 1.11 bits per heavy atom. The molecule has 56 heavy (non-hydrogen) atoms. The highest BCUT2D eigenvalue weighted by Gasteiger charge is 2.36. The number of carbonyl (C=O) groups is 2. The van der Waals surface area contributed by atoms with Crippen LogP contribution in [0.4, 0.5) is 37.7 Å². The number of carbonyl (C=O) groups excluding carboxylic acids is 2. The van der Waals surface area contributed by atoms with Gasteiger partial charge < -0.3 is 30.2 Å². The van der Waals surface area contributed by atoms with E-state index in [0.717, 1.165) is 48.1 Å². The largest absolute Gasteiger partial charge is 0.417 e. The van der Waals surface area contributed by atoms with Gasteiger partial charge in [-0.05, 0) is 80.6 Å². The van der Waals surface area contributed by atoms with Crippen LogP contribution in [0.15, 0.2) is 56.2 Å². The number of hydrogen-bond donors (Lipinski definition) is 2. The van der Waals surface area contributed by atoms with Gasteiger partial charge in [0, 0.05) is 74.8 Å². The normalized spacial score (nSPS) is 12.3. The second-order valence-electron chi connectivity index (χ2n) is 13.5. The average molecular weight is 867 g/mol. The SMILES string of the molecule is CN(C)CCSc1cc(SCCN(C)C)c(C(F)(F)F)cc1NC(=O)c1cc(C(=O)Nc2cc(C(F)(F)F)c(SCCN(C)C)cc2SCCN(C)C)ncn1. The molecule has 0 radical (unpaired) electrons. The van der Waals surface area contributed by atoms with Gasteiger partial charge in [-0.15, -0.1) is 47.0 Å². The summed E-state index contributed by atoms with van der Waals surface area (Å²) in [4.78, 5) is 43.4. The van der Waals surface area contributed by atoms with Crippen LogP contribution in [-0.2, 0) is 12.4 Å². The van der Waals surface area contributed by atoms with Crippen molar-refractivity contribution in [1.29, 1.82) is 0 Å². The molecule has 0 unspecified atom stereocenters. The lowest BCUT2D eigenvalue weighted by Gasteiger charge is -2.19. The smallest absolute Gasteiger partial charge is 0.320 e. The Labute approximate surface area is 341 Å². The summed E-state index contributed by atoms with van der Waals surface area (Å²) in [5, 5.41) is 5.08. The lowest BCUT2D eigenvalue weighted by Crippen LogP contribution is -2.20. The van der Waals surface area contributed by atoms with E-state index < -0.39 is 35.3 Å². The highest BCUT2D eigenvalue weighted by Crippen LogP contribution is 2.44. The van der Waals surface area contributed by atoms with Gasteiger partial charge in [-0.1, -0.05) is 0 Å². The molecule has 0 aliphatic heterocycles. The summed E-state index contributed by atoms with van der Waals surface area (Å²) in [6, 6.07) is 5.69. The fourth-order valence-electron chi connectivity index (χ4n) is 4.57. The standard InChI is InChI=1S/C36H48F6N8O2S4/c1-47(2)9-13-53-29-20-31(55-15-11-49(5)6)25(17-23(29)35(37,38)39)45-33(51)27-19-28(44-22-43-27)34(52)46-26-18-24(36(40,41)42)30(54-14-10-48(3)4)21-32(26)56-16-12-50(7)8/h17-22H,9-16H2,1-8H3,(H,45,51)(H,46,52). The third kappa shape index (κ3) is 15.6. The van der Waals surface area contributed by atoms with E-state index in [2.05, 4.69) is 20.6 Å². The van der Waals surface area contributed by atoms with Crippen molar-refractivity contribution in [2.45, 2.75) is 31.9 Å². The van der Waals surface area contributed by atoms with Gasteiger partial charge in [0.1, 0.15) is 17.7 Å². The van der Waals surface area contributed by atoms with E-state index in [9.17, 15) is 35.9 Å². The number of alkyl halides is 6. The van der Waals surface area contributed by atoms with Gasteiger partial charge in [0.15, 0.2) is 0 Å². The minimum atomic E-state index is -4.72. The summed E-state index contributed by atoms with van der Waals surface area (Å²) >= 11 is 4.69. The lowest BCUT2D eigenvalue weighted by molar-refractivity contribution is -0.140. The van der Waals surface area contributed by atoms with Crippen LogP contribution in [0.3, 0.4) is 0 Å². The first kappa shape index (κ1) is 47.7. The summed E-state index contributed by atoms with van der Waals surface area (Å²) < 4.78 is 86.0. The molecule has 0 bridgehead atoms. The molecule has 1 heterocycles. The molecule has 3 rings (SSSR count). The molecule has 0 aliphatic rings. The molecule has 0 saturated heterocycles. The molecule has 0 saturated carbocycles. The number of aromatic nitrogens is 2. The zero-order chi connectivity index (χ0) is 41.8. The predicted octanol–water partition coefficient (Wildman–Crippen LogP) is 7.63. The van der Waals surface area contributed by atoms with E-state index >= 15 is 0 Å². The topological polar surface area (TPSA) is 96.9 Å². The molecule has 2 N–H and O–H groups in total. The number of nitrogens with one attached hydrogen (secondary N) is 2. The van der Waals surface area contributed by atoms with Crippen molar-refractivity contribution in [1.82, 2.24) is 29.6 Å². The quantitative estimate of drug-likeness (QED) is 0.0864. The van der Waals surface area contributed by atoms with Crippen molar-refractivity contribution >= 4 is 70.2 Å². The summed E-state index contributed by atoms with van der Waals surface area (Å²) in [6.45, 7) is 2.33. The number of halogens is 6. The van der Waals surface area contributed by atoms with Gasteiger partial charge in [-0.25, -0.2) is 9.97 Å². The number of nitrogens with zero attached hydrogens (tertiary/aromatic N) is 6.